The van der Waals surface area contributed by atoms with Crippen molar-refractivity contribution in [3.63, 3.8) is 0 Å². The van der Waals surface area contributed by atoms with Gasteiger partial charge in [-0.15, -0.1) is 0 Å². The van der Waals surface area contributed by atoms with Crippen molar-refractivity contribution in [2.45, 2.75) is 31.3 Å². The third-order valence-corrected chi connectivity index (χ3v) is 7.64. The maximum Gasteiger partial charge on any atom is 0.234 e. The Balaban J connectivity index is 1.45. The minimum Gasteiger partial charge on any atom is -0.493 e. The summed E-state index contributed by atoms with van der Waals surface area (Å²) in [5.74, 6) is 3.28. The average Bonchev–Trinajstić information content (AvgIpc) is 3.29. The molecular formula is C31H36N2O6. The lowest BCUT2D eigenvalue weighted by Gasteiger charge is -2.30. The Labute approximate surface area is 229 Å². The van der Waals surface area contributed by atoms with Gasteiger partial charge in [0.15, 0.2) is 23.0 Å². The first kappa shape index (κ1) is 26.7. The van der Waals surface area contributed by atoms with Crippen molar-refractivity contribution in [1.29, 1.82) is 0 Å². The van der Waals surface area contributed by atoms with E-state index in [9.17, 15) is 4.79 Å². The Morgan fingerprint density at radius 3 is 2.38 bits per heavy atom. The quantitative estimate of drug-likeness (QED) is 0.435. The summed E-state index contributed by atoms with van der Waals surface area (Å²) in [5.41, 5.74) is 4.52. The second-order valence-electron chi connectivity index (χ2n) is 9.83. The van der Waals surface area contributed by atoms with Crippen LogP contribution < -0.4 is 29.0 Å². The molecule has 1 aliphatic carbocycles. The van der Waals surface area contributed by atoms with Crippen molar-refractivity contribution in [3.8, 4) is 28.7 Å². The lowest BCUT2D eigenvalue weighted by molar-refractivity contribution is -0.123. The number of methoxy groups -OCH3 is 4. The van der Waals surface area contributed by atoms with E-state index < -0.39 is 0 Å². The van der Waals surface area contributed by atoms with E-state index >= 15 is 0 Å². The molecule has 0 bridgehead atoms. The number of amides is 1. The average molecular weight is 533 g/mol. The molecule has 1 heterocycles. The lowest BCUT2D eigenvalue weighted by Crippen LogP contribution is -2.41. The van der Waals surface area contributed by atoms with E-state index in [-0.39, 0.29) is 24.5 Å². The second kappa shape index (κ2) is 11.9. The Morgan fingerprint density at radius 2 is 1.62 bits per heavy atom. The highest BCUT2D eigenvalue weighted by molar-refractivity contribution is 5.79. The standard InChI is InChI=1S/C31H36N2O6/c1-35-26-12-9-20(16-28(26)36-2)15-25-23-17-29(37-3)30(38-4)18-27(23)39-14-13-33(25)19-31(34)32-24-11-10-21-7-5-6-8-22(21)24/h5-9,12,16-18,24-25H,10-11,13-15,19H2,1-4H3,(H,32,34). The second-order valence-corrected chi connectivity index (χ2v) is 9.83. The van der Waals surface area contributed by atoms with E-state index in [4.69, 9.17) is 23.7 Å². The van der Waals surface area contributed by atoms with Crippen LogP contribution in [0.15, 0.2) is 54.6 Å². The number of ether oxygens (including phenoxy) is 5. The summed E-state index contributed by atoms with van der Waals surface area (Å²) >= 11 is 0. The number of nitrogens with one attached hydrogen (secondary N) is 1. The minimum atomic E-state index is -0.151. The maximum atomic E-state index is 13.4. The van der Waals surface area contributed by atoms with Gasteiger partial charge in [0.1, 0.15) is 12.4 Å². The van der Waals surface area contributed by atoms with Crippen LogP contribution in [0.1, 0.15) is 40.8 Å². The van der Waals surface area contributed by atoms with Gasteiger partial charge in [-0.2, -0.15) is 0 Å². The van der Waals surface area contributed by atoms with Crippen molar-refractivity contribution in [2.24, 2.45) is 0 Å². The van der Waals surface area contributed by atoms with E-state index in [1.807, 2.05) is 36.4 Å². The van der Waals surface area contributed by atoms with Gasteiger partial charge in [0, 0.05) is 24.2 Å². The van der Waals surface area contributed by atoms with Gasteiger partial charge < -0.3 is 29.0 Å². The van der Waals surface area contributed by atoms with Crippen LogP contribution >= 0.6 is 0 Å². The fourth-order valence-electron chi connectivity index (χ4n) is 5.68. The Kier molecular flexibility index (Phi) is 8.12. The highest BCUT2D eigenvalue weighted by Gasteiger charge is 2.31. The molecule has 206 valence electrons. The molecule has 0 saturated heterocycles. The van der Waals surface area contributed by atoms with Gasteiger partial charge >= 0.3 is 0 Å². The number of carbonyl (C=O) groups excluding carboxylic acids is 1. The summed E-state index contributed by atoms with van der Waals surface area (Å²) in [7, 11) is 6.49. The molecular weight excluding hydrogens is 496 g/mol. The number of fused-ring (bicyclic) bond motifs is 2. The van der Waals surface area contributed by atoms with Gasteiger partial charge in [-0.25, -0.2) is 0 Å². The predicted molar refractivity (Wildman–Crippen MR) is 148 cm³/mol. The third kappa shape index (κ3) is 5.61. The van der Waals surface area contributed by atoms with Gasteiger partial charge in [0.2, 0.25) is 5.91 Å². The molecule has 1 N–H and O–H groups in total. The van der Waals surface area contributed by atoms with E-state index in [1.54, 1.807) is 28.4 Å². The van der Waals surface area contributed by atoms with Gasteiger partial charge in [-0.1, -0.05) is 30.3 Å². The monoisotopic (exact) mass is 532 g/mol. The van der Waals surface area contributed by atoms with Crippen molar-refractivity contribution in [1.82, 2.24) is 10.2 Å². The van der Waals surface area contributed by atoms with E-state index in [2.05, 4.69) is 28.4 Å². The first-order valence-corrected chi connectivity index (χ1v) is 13.3. The molecule has 0 spiro atoms. The summed E-state index contributed by atoms with van der Waals surface area (Å²) in [6.45, 7) is 1.28. The SMILES string of the molecule is COc1ccc(CC2c3cc(OC)c(OC)cc3OCCN2CC(=O)NC2CCc3ccccc32)cc1OC. The number of rotatable bonds is 9. The molecule has 0 aromatic heterocycles. The number of nitrogens with zero attached hydrogens (tertiary/aromatic N) is 1. The molecule has 2 unspecified atom stereocenters. The van der Waals surface area contributed by atoms with Crippen molar-refractivity contribution < 1.29 is 28.5 Å². The first-order chi connectivity index (χ1) is 19.0. The molecule has 0 saturated carbocycles. The normalized spacial score (nSPS) is 18.3. The zero-order valence-electron chi connectivity index (χ0n) is 23.0. The van der Waals surface area contributed by atoms with E-state index in [0.717, 1.165) is 29.7 Å². The first-order valence-electron chi connectivity index (χ1n) is 13.3. The molecule has 8 nitrogen and oxygen atoms in total. The topological polar surface area (TPSA) is 78.5 Å². The van der Waals surface area contributed by atoms with Crippen LogP contribution in [0.5, 0.6) is 28.7 Å². The molecule has 8 heteroatoms. The molecule has 3 aromatic carbocycles. The smallest absolute Gasteiger partial charge is 0.234 e. The summed E-state index contributed by atoms with van der Waals surface area (Å²) in [6, 6.07) is 18.0. The van der Waals surface area contributed by atoms with Gasteiger partial charge in [0.05, 0.1) is 41.0 Å². The molecule has 5 rings (SSSR count). The predicted octanol–water partition coefficient (Wildman–Crippen LogP) is 4.50. The Bertz CT molecular complexity index is 1330. The van der Waals surface area contributed by atoms with E-state index in [0.29, 0.717) is 42.6 Å². The third-order valence-electron chi connectivity index (χ3n) is 7.64. The largest absolute Gasteiger partial charge is 0.493 e. The summed E-state index contributed by atoms with van der Waals surface area (Å²) in [6.07, 6.45) is 2.53. The van der Waals surface area contributed by atoms with Crippen molar-refractivity contribution >= 4 is 5.91 Å². The molecule has 1 aliphatic heterocycles. The highest BCUT2D eigenvalue weighted by Crippen LogP contribution is 2.42. The number of benzene rings is 3. The number of hydrogen-bond acceptors (Lipinski definition) is 7. The lowest BCUT2D eigenvalue weighted by atomic mass is 9.95. The zero-order chi connectivity index (χ0) is 27.4. The fraction of sp³-hybridized carbons (Fsp3) is 0.387. The summed E-state index contributed by atoms with van der Waals surface area (Å²) in [4.78, 5) is 15.6. The van der Waals surface area contributed by atoms with Gasteiger partial charge in [-0.3, -0.25) is 9.69 Å². The summed E-state index contributed by atoms with van der Waals surface area (Å²) in [5, 5.41) is 3.28. The van der Waals surface area contributed by atoms with Crippen LogP contribution in [0.3, 0.4) is 0 Å². The Morgan fingerprint density at radius 1 is 0.897 bits per heavy atom. The summed E-state index contributed by atoms with van der Waals surface area (Å²) < 4.78 is 28.3. The van der Waals surface area contributed by atoms with E-state index in [1.165, 1.54) is 11.1 Å². The molecule has 2 aliphatic rings. The molecule has 2 atom stereocenters. The van der Waals surface area contributed by atoms with Crippen molar-refractivity contribution in [3.05, 3.63) is 76.9 Å². The minimum absolute atomic E-state index is 0.00191. The van der Waals surface area contributed by atoms with Crippen LogP contribution in [-0.2, 0) is 17.6 Å². The van der Waals surface area contributed by atoms with Crippen LogP contribution in [0.25, 0.3) is 0 Å². The fourth-order valence-corrected chi connectivity index (χ4v) is 5.68. The van der Waals surface area contributed by atoms with Crippen LogP contribution in [0.4, 0.5) is 0 Å². The number of carbonyl (C=O) groups is 1. The highest BCUT2D eigenvalue weighted by atomic mass is 16.5. The Hall–Kier alpha value is -3.91. The van der Waals surface area contributed by atoms with Gasteiger partial charge in [-0.05, 0) is 54.2 Å². The molecule has 1 amide bonds. The molecule has 3 aromatic rings. The number of aryl methyl sites for hydroxylation is 1. The maximum absolute atomic E-state index is 13.4. The van der Waals surface area contributed by atoms with Crippen LogP contribution in [0, 0.1) is 0 Å². The molecule has 0 radical (unpaired) electrons. The van der Waals surface area contributed by atoms with Crippen molar-refractivity contribution in [2.75, 3.05) is 48.1 Å². The number of hydrogen-bond donors (Lipinski definition) is 1. The zero-order valence-corrected chi connectivity index (χ0v) is 23.0. The molecule has 39 heavy (non-hydrogen) atoms. The van der Waals surface area contributed by atoms with Crippen LogP contribution in [-0.4, -0.2) is 58.9 Å². The van der Waals surface area contributed by atoms with Gasteiger partial charge in [0.25, 0.3) is 0 Å². The molecule has 0 fully saturated rings. The van der Waals surface area contributed by atoms with Crippen LogP contribution in [0.2, 0.25) is 0 Å².